The minimum atomic E-state index is -0.214. The number of nitrogens with zero attached hydrogens (tertiary/aromatic N) is 2. The molecule has 1 aromatic heterocycles. The molecule has 0 N–H and O–H groups in total. The number of rotatable bonds is 6. The zero-order valence-corrected chi connectivity index (χ0v) is 15.8. The van der Waals surface area contributed by atoms with Crippen molar-refractivity contribution in [3.63, 3.8) is 0 Å². The number of carbonyl (C=O) groups is 1. The fourth-order valence-electron chi connectivity index (χ4n) is 2.23. The van der Waals surface area contributed by atoms with E-state index in [0.717, 1.165) is 32.1 Å². The molecule has 6 heteroatoms. The molecule has 0 saturated carbocycles. The fourth-order valence-corrected chi connectivity index (χ4v) is 3.09. The summed E-state index contributed by atoms with van der Waals surface area (Å²) >= 11 is 4.96. The number of halogens is 1. The molecule has 1 heterocycles. The van der Waals surface area contributed by atoms with Crippen molar-refractivity contribution in [2.24, 2.45) is 0 Å². The van der Waals surface area contributed by atoms with Crippen molar-refractivity contribution in [2.75, 3.05) is 6.26 Å². The van der Waals surface area contributed by atoms with Gasteiger partial charge in [-0.1, -0.05) is 45.9 Å². The predicted octanol–water partition coefficient (Wildman–Crippen LogP) is 4.25. The van der Waals surface area contributed by atoms with Gasteiger partial charge in [-0.05, 0) is 38.2 Å². The summed E-state index contributed by atoms with van der Waals surface area (Å²) in [5.41, 5.74) is 3.85. The van der Waals surface area contributed by atoms with Crippen LogP contribution in [0.15, 0.2) is 33.9 Å². The number of carbonyl (C=O) groups excluding carboxylic acids is 1. The Kier molecular flexibility index (Phi) is 6.59. The molecule has 0 bridgehead atoms. The minimum absolute atomic E-state index is 0.214. The molecule has 0 aliphatic carbocycles. The van der Waals surface area contributed by atoms with Crippen LogP contribution in [0, 0.1) is 13.8 Å². The van der Waals surface area contributed by atoms with Gasteiger partial charge in [0.2, 0.25) is 0 Å². The first-order valence-corrected chi connectivity index (χ1v) is 9.30. The van der Waals surface area contributed by atoms with E-state index in [2.05, 4.69) is 25.9 Å². The summed E-state index contributed by atoms with van der Waals surface area (Å²) in [6.45, 7) is 4.19. The van der Waals surface area contributed by atoms with Crippen LogP contribution in [0.5, 0.6) is 0 Å². The van der Waals surface area contributed by atoms with Crippen LogP contribution in [0.25, 0.3) is 0 Å². The highest BCUT2D eigenvalue weighted by atomic mass is 79.9. The van der Waals surface area contributed by atoms with E-state index in [1.807, 2.05) is 44.4 Å². The van der Waals surface area contributed by atoms with Gasteiger partial charge in [0.25, 0.3) is 0 Å². The summed E-state index contributed by atoms with van der Waals surface area (Å²) in [6.07, 6.45) is 2.88. The predicted molar refractivity (Wildman–Crippen MR) is 95.5 cm³/mol. The van der Waals surface area contributed by atoms with Gasteiger partial charge in [-0.2, -0.15) is 0 Å². The molecule has 0 radical (unpaired) electrons. The number of hydrogen-bond donors (Lipinski definition) is 0. The van der Waals surface area contributed by atoms with Gasteiger partial charge in [0, 0.05) is 27.8 Å². The lowest BCUT2D eigenvalue weighted by molar-refractivity contribution is -0.144. The number of thioether (sulfide) groups is 1. The summed E-state index contributed by atoms with van der Waals surface area (Å²) in [7, 11) is 0. The molecule has 122 valence electrons. The molecule has 4 nitrogen and oxygen atoms in total. The van der Waals surface area contributed by atoms with Gasteiger partial charge in [-0.15, -0.1) is 0 Å². The Bertz CT molecular complexity index is 684. The summed E-state index contributed by atoms with van der Waals surface area (Å²) in [4.78, 5) is 20.8. The van der Waals surface area contributed by atoms with Crippen molar-refractivity contribution >= 4 is 33.7 Å². The number of hydrogen-bond acceptors (Lipinski definition) is 5. The molecule has 0 atom stereocenters. The Balaban J connectivity index is 1.91. The van der Waals surface area contributed by atoms with Crippen LogP contribution >= 0.6 is 27.7 Å². The van der Waals surface area contributed by atoms with Crippen LogP contribution in [0.2, 0.25) is 0 Å². The first-order chi connectivity index (χ1) is 11.0. The van der Waals surface area contributed by atoms with Crippen LogP contribution in [-0.4, -0.2) is 22.2 Å². The van der Waals surface area contributed by atoms with Gasteiger partial charge in [-0.25, -0.2) is 9.97 Å². The lowest BCUT2D eigenvalue weighted by Gasteiger charge is -2.10. The van der Waals surface area contributed by atoms with Gasteiger partial charge >= 0.3 is 5.97 Å². The van der Waals surface area contributed by atoms with E-state index in [9.17, 15) is 4.79 Å². The average Bonchev–Trinajstić information content (AvgIpc) is 2.53. The molecular weight excluding hydrogens is 376 g/mol. The van der Waals surface area contributed by atoms with Crippen molar-refractivity contribution in [2.45, 2.75) is 38.5 Å². The minimum Gasteiger partial charge on any atom is -0.461 e. The molecule has 23 heavy (non-hydrogen) atoms. The maximum absolute atomic E-state index is 12.0. The Morgan fingerprint density at radius 1 is 1.22 bits per heavy atom. The first-order valence-electron chi connectivity index (χ1n) is 7.28. The van der Waals surface area contributed by atoms with E-state index in [-0.39, 0.29) is 12.6 Å². The zero-order valence-electron chi connectivity index (χ0n) is 13.4. The molecule has 2 rings (SSSR count). The normalized spacial score (nSPS) is 10.6. The first kappa shape index (κ1) is 17.9. The van der Waals surface area contributed by atoms with Crippen molar-refractivity contribution in [3.05, 3.63) is 51.3 Å². The second kappa shape index (κ2) is 8.45. The number of esters is 1. The Morgan fingerprint density at radius 3 is 2.48 bits per heavy atom. The maximum Gasteiger partial charge on any atom is 0.306 e. The van der Waals surface area contributed by atoms with E-state index in [4.69, 9.17) is 4.74 Å². The van der Waals surface area contributed by atoms with Crippen LogP contribution < -0.4 is 0 Å². The van der Waals surface area contributed by atoms with Crippen molar-refractivity contribution in [1.82, 2.24) is 9.97 Å². The summed E-state index contributed by atoms with van der Waals surface area (Å²) < 4.78 is 6.29. The number of ether oxygens (including phenoxy) is 1. The topological polar surface area (TPSA) is 52.1 Å². The van der Waals surface area contributed by atoms with E-state index >= 15 is 0 Å². The van der Waals surface area contributed by atoms with Crippen molar-refractivity contribution in [3.8, 4) is 0 Å². The van der Waals surface area contributed by atoms with E-state index in [1.54, 1.807) is 0 Å². The third kappa shape index (κ3) is 5.04. The molecule has 0 unspecified atom stereocenters. The molecule has 0 aliphatic rings. The van der Waals surface area contributed by atoms with Crippen LogP contribution in [-0.2, 0) is 22.6 Å². The summed E-state index contributed by atoms with van der Waals surface area (Å²) in [5, 5.41) is 0.764. The zero-order chi connectivity index (χ0) is 16.8. The number of benzene rings is 1. The van der Waals surface area contributed by atoms with E-state index in [0.29, 0.717) is 12.8 Å². The van der Waals surface area contributed by atoms with Gasteiger partial charge < -0.3 is 4.74 Å². The standard InChI is InChI=1S/C17H19BrN2O2S/c1-11-14(12(2)20-17(19-11)23-3)8-9-16(21)22-10-13-6-4-5-7-15(13)18/h4-7H,8-10H2,1-3H3. The molecule has 0 fully saturated rings. The maximum atomic E-state index is 12.0. The average molecular weight is 395 g/mol. The van der Waals surface area contributed by atoms with Gasteiger partial charge in [0.15, 0.2) is 5.16 Å². The lowest BCUT2D eigenvalue weighted by atomic mass is 10.1. The highest BCUT2D eigenvalue weighted by Crippen LogP contribution is 2.19. The monoisotopic (exact) mass is 394 g/mol. The molecule has 0 amide bonds. The second-order valence-electron chi connectivity index (χ2n) is 5.11. The van der Waals surface area contributed by atoms with Gasteiger partial charge in [0.05, 0.1) is 0 Å². The molecular formula is C17H19BrN2O2S. The van der Waals surface area contributed by atoms with Crippen LogP contribution in [0.3, 0.4) is 0 Å². The Morgan fingerprint density at radius 2 is 1.87 bits per heavy atom. The third-order valence-corrected chi connectivity index (χ3v) is 4.83. The molecule has 0 spiro atoms. The second-order valence-corrected chi connectivity index (χ2v) is 6.74. The molecule has 2 aromatic rings. The van der Waals surface area contributed by atoms with Crippen molar-refractivity contribution < 1.29 is 9.53 Å². The number of aromatic nitrogens is 2. The SMILES string of the molecule is CSc1nc(C)c(CCC(=O)OCc2ccccc2Br)c(C)n1. The molecule has 1 aromatic carbocycles. The van der Waals surface area contributed by atoms with Gasteiger partial charge in [-0.3, -0.25) is 4.79 Å². The highest BCUT2D eigenvalue weighted by Gasteiger charge is 2.11. The Labute approximate surface area is 149 Å². The summed E-state index contributed by atoms with van der Waals surface area (Å²) in [6, 6.07) is 7.71. The van der Waals surface area contributed by atoms with Crippen LogP contribution in [0.4, 0.5) is 0 Å². The Hall–Kier alpha value is -1.40. The van der Waals surface area contributed by atoms with Crippen LogP contribution in [0.1, 0.15) is 28.9 Å². The number of aryl methyl sites for hydroxylation is 2. The fraction of sp³-hybridized carbons (Fsp3) is 0.353. The smallest absolute Gasteiger partial charge is 0.306 e. The largest absolute Gasteiger partial charge is 0.461 e. The van der Waals surface area contributed by atoms with E-state index < -0.39 is 0 Å². The van der Waals surface area contributed by atoms with E-state index in [1.165, 1.54) is 11.8 Å². The lowest BCUT2D eigenvalue weighted by Crippen LogP contribution is -2.09. The molecule has 0 aliphatic heterocycles. The quantitative estimate of drug-likeness (QED) is 0.416. The summed E-state index contributed by atoms with van der Waals surface area (Å²) in [5.74, 6) is -0.214. The van der Waals surface area contributed by atoms with Gasteiger partial charge in [0.1, 0.15) is 6.61 Å². The molecule has 0 saturated heterocycles. The van der Waals surface area contributed by atoms with Crippen molar-refractivity contribution in [1.29, 1.82) is 0 Å². The highest BCUT2D eigenvalue weighted by molar-refractivity contribution is 9.10. The third-order valence-electron chi connectivity index (χ3n) is 3.51.